The molecule has 1 saturated heterocycles. The monoisotopic (exact) mass is 637 g/mol. The van der Waals surface area contributed by atoms with Crippen LogP contribution in [-0.2, 0) is 10.9 Å². The Bertz CT molecular complexity index is 1770. The van der Waals surface area contributed by atoms with Crippen molar-refractivity contribution in [1.29, 1.82) is 0 Å². The van der Waals surface area contributed by atoms with E-state index in [1.807, 2.05) is 0 Å². The van der Waals surface area contributed by atoms with Crippen LogP contribution in [0.15, 0.2) is 34.3 Å². The summed E-state index contributed by atoms with van der Waals surface area (Å²) in [6.07, 6.45) is -2.38. The summed E-state index contributed by atoms with van der Waals surface area (Å²) in [5, 5.41) is 14.6. The number of rotatable bonds is 6. The van der Waals surface area contributed by atoms with Crippen molar-refractivity contribution in [3.63, 3.8) is 0 Å². The fraction of sp³-hybridized carbons (Fsp3) is 0.357. The first kappa shape index (κ1) is 27.5. The van der Waals surface area contributed by atoms with Crippen molar-refractivity contribution in [2.24, 2.45) is 5.92 Å². The molecule has 0 unspecified atom stereocenters. The van der Waals surface area contributed by atoms with Crippen molar-refractivity contribution in [2.45, 2.75) is 49.9 Å². The average Bonchev–Trinajstić information content (AvgIpc) is 3.25. The highest BCUT2D eigenvalue weighted by molar-refractivity contribution is 7.16. The minimum absolute atomic E-state index is 0.0154. The van der Waals surface area contributed by atoms with Gasteiger partial charge in [0.15, 0.2) is 11.5 Å². The topological polar surface area (TPSA) is 106 Å². The van der Waals surface area contributed by atoms with Gasteiger partial charge in [-0.3, -0.25) is 0 Å². The van der Waals surface area contributed by atoms with Gasteiger partial charge in [0.2, 0.25) is 0 Å². The fourth-order valence-electron chi connectivity index (χ4n) is 6.30. The van der Waals surface area contributed by atoms with Crippen LogP contribution in [0.4, 0.5) is 18.9 Å². The minimum atomic E-state index is -4.93. The molecule has 14 heteroatoms. The van der Waals surface area contributed by atoms with Gasteiger partial charge in [-0.2, -0.15) is 13.2 Å². The van der Waals surface area contributed by atoms with Gasteiger partial charge >= 0.3 is 18.1 Å². The normalized spacial score (nSPS) is 21.8. The zero-order valence-electron chi connectivity index (χ0n) is 21.5. The molecule has 42 heavy (non-hydrogen) atoms. The van der Waals surface area contributed by atoms with E-state index in [4.69, 9.17) is 32.5 Å². The van der Waals surface area contributed by atoms with Gasteiger partial charge in [-0.05, 0) is 43.4 Å². The maximum atomic E-state index is 14.7. The number of carbonyl (C=O) groups is 2. The van der Waals surface area contributed by atoms with Crippen molar-refractivity contribution in [2.75, 3.05) is 11.4 Å². The van der Waals surface area contributed by atoms with E-state index in [-0.39, 0.29) is 68.3 Å². The number of aromatic nitrogens is 2. The van der Waals surface area contributed by atoms with Crippen molar-refractivity contribution < 1.29 is 37.1 Å². The standard InChI is InChI=1S/C28H20Cl2F3N3O5S/c29-15-2-1-3-16(30)18(15)22-19(24(41-35-22)13-4-5-13)26(39)40-27-7-6-12(9-27)10-36(27)23-14(25(37)38)8-17-21(34-11-42-17)20(23)28(31,32)33/h1-3,8,11-13H,4-7,9-10H2,(H,37,38)/t12-,27-/m0/s1. The van der Waals surface area contributed by atoms with Gasteiger partial charge in [0, 0.05) is 30.9 Å². The molecule has 3 fully saturated rings. The summed E-state index contributed by atoms with van der Waals surface area (Å²) in [5.74, 6) is -2.27. The van der Waals surface area contributed by atoms with Crippen LogP contribution in [0, 0.1) is 5.92 Å². The van der Waals surface area contributed by atoms with E-state index < -0.39 is 40.7 Å². The van der Waals surface area contributed by atoms with Gasteiger partial charge in [0.05, 0.1) is 37.0 Å². The van der Waals surface area contributed by atoms with Crippen LogP contribution in [-0.4, -0.2) is 39.5 Å². The van der Waals surface area contributed by atoms with Gasteiger partial charge in [-0.25, -0.2) is 14.6 Å². The number of hydrogen-bond acceptors (Lipinski definition) is 8. The molecule has 0 spiro atoms. The number of anilines is 1. The van der Waals surface area contributed by atoms with Crippen molar-refractivity contribution in [3.05, 3.63) is 62.3 Å². The van der Waals surface area contributed by atoms with Crippen molar-refractivity contribution in [1.82, 2.24) is 10.1 Å². The first-order valence-electron chi connectivity index (χ1n) is 13.1. The van der Waals surface area contributed by atoms with Gasteiger partial charge in [-0.1, -0.05) is 34.4 Å². The van der Waals surface area contributed by atoms with Crippen molar-refractivity contribution in [3.8, 4) is 11.3 Å². The number of carboxylic acids is 1. The van der Waals surface area contributed by atoms with Crippen molar-refractivity contribution >= 4 is 62.4 Å². The van der Waals surface area contributed by atoms with E-state index in [1.54, 1.807) is 18.2 Å². The number of esters is 1. The number of halogens is 5. The van der Waals surface area contributed by atoms with E-state index in [0.29, 0.717) is 12.2 Å². The predicted octanol–water partition coefficient (Wildman–Crippen LogP) is 8.03. The molecule has 1 aliphatic heterocycles. The number of thiazole rings is 1. The lowest BCUT2D eigenvalue weighted by molar-refractivity contribution is -0.136. The second-order valence-corrected chi connectivity index (χ2v) is 12.5. The molecule has 3 heterocycles. The Morgan fingerprint density at radius 2 is 1.93 bits per heavy atom. The number of carbonyl (C=O) groups excluding carboxylic acids is 1. The molecule has 2 aromatic carbocycles. The zero-order valence-corrected chi connectivity index (χ0v) is 23.8. The van der Waals surface area contributed by atoms with Crippen LogP contribution in [0.5, 0.6) is 0 Å². The second kappa shape index (κ2) is 9.58. The molecule has 2 aliphatic carbocycles. The molecule has 2 atom stereocenters. The number of aromatic carboxylic acids is 1. The summed E-state index contributed by atoms with van der Waals surface area (Å²) >= 11 is 13.8. The average molecular weight is 638 g/mol. The third-order valence-corrected chi connectivity index (χ3v) is 9.63. The molecule has 0 radical (unpaired) electrons. The molecule has 3 aliphatic rings. The maximum Gasteiger partial charge on any atom is 0.420 e. The van der Waals surface area contributed by atoms with Crippen LogP contribution >= 0.6 is 34.5 Å². The molecular weight excluding hydrogens is 618 g/mol. The number of hydrogen-bond donors (Lipinski definition) is 1. The van der Waals surface area contributed by atoms with Crippen LogP contribution in [0.2, 0.25) is 10.0 Å². The van der Waals surface area contributed by atoms with E-state index >= 15 is 0 Å². The summed E-state index contributed by atoms with van der Waals surface area (Å²) in [5.41, 5.74) is -2.50. The Kier molecular flexibility index (Phi) is 6.27. The summed E-state index contributed by atoms with van der Waals surface area (Å²) in [6.45, 7) is 0.0780. The Balaban J connectivity index is 1.37. The number of piperidine rings is 1. The number of fused-ring (bicyclic) bond motifs is 3. The lowest BCUT2D eigenvalue weighted by Gasteiger charge is -2.41. The van der Waals surface area contributed by atoms with E-state index in [1.165, 1.54) is 16.5 Å². The molecular formula is C28H20Cl2F3N3O5S. The van der Waals surface area contributed by atoms with E-state index in [2.05, 4.69) is 10.1 Å². The van der Waals surface area contributed by atoms with Gasteiger partial charge in [0.25, 0.3) is 0 Å². The first-order chi connectivity index (χ1) is 20.0. The minimum Gasteiger partial charge on any atom is -0.478 e. The maximum absolute atomic E-state index is 14.7. The molecule has 2 saturated carbocycles. The quantitative estimate of drug-likeness (QED) is 0.212. The van der Waals surface area contributed by atoms with Gasteiger partial charge in [0.1, 0.15) is 16.8 Å². The first-order valence-corrected chi connectivity index (χ1v) is 14.8. The molecule has 1 N–H and O–H groups in total. The summed E-state index contributed by atoms with van der Waals surface area (Å²) in [7, 11) is 0. The third-order valence-electron chi connectivity index (χ3n) is 8.22. The van der Waals surface area contributed by atoms with Crippen LogP contribution in [0.1, 0.15) is 70.1 Å². The number of benzene rings is 2. The van der Waals surface area contributed by atoms with Crippen LogP contribution in [0.3, 0.4) is 0 Å². The lowest BCUT2D eigenvalue weighted by atomic mass is 9.99. The van der Waals surface area contributed by atoms with E-state index in [0.717, 1.165) is 24.2 Å². The van der Waals surface area contributed by atoms with Crippen LogP contribution in [0.25, 0.3) is 21.5 Å². The Labute approximate surface area is 250 Å². The smallest absolute Gasteiger partial charge is 0.420 e. The molecule has 8 nitrogen and oxygen atoms in total. The van der Waals surface area contributed by atoms with Gasteiger partial charge in [-0.15, -0.1) is 11.3 Å². The number of carboxylic acid groups (broad SMARTS) is 1. The van der Waals surface area contributed by atoms with Gasteiger partial charge < -0.3 is 19.3 Å². The summed E-state index contributed by atoms with van der Waals surface area (Å²) in [6, 6.07) is 6.01. The predicted molar refractivity (Wildman–Crippen MR) is 148 cm³/mol. The Morgan fingerprint density at radius 1 is 1.19 bits per heavy atom. The molecule has 218 valence electrons. The highest BCUT2D eigenvalue weighted by atomic mass is 35.5. The third kappa shape index (κ3) is 4.25. The summed E-state index contributed by atoms with van der Waals surface area (Å²) in [4.78, 5) is 31.7. The number of nitrogens with zero attached hydrogens (tertiary/aromatic N) is 3. The zero-order chi connectivity index (χ0) is 29.6. The number of alkyl halides is 3. The molecule has 2 aromatic heterocycles. The fourth-order valence-corrected chi connectivity index (χ4v) is 7.60. The number of ether oxygens (including phenoxy) is 1. The highest BCUT2D eigenvalue weighted by Gasteiger charge is 2.57. The molecule has 4 aromatic rings. The summed E-state index contributed by atoms with van der Waals surface area (Å²) < 4.78 is 55.9. The molecule has 7 rings (SSSR count). The largest absolute Gasteiger partial charge is 0.478 e. The second-order valence-electron chi connectivity index (χ2n) is 10.8. The highest BCUT2D eigenvalue weighted by Crippen LogP contribution is 2.55. The molecule has 0 amide bonds. The SMILES string of the molecule is O=C(O)c1cc2scnc2c(C(F)(F)F)c1N1C[C@H]2CC[C@]1(OC(=O)c1c(-c3c(Cl)cccc3Cl)noc1C1CC1)C2. The molecule has 2 bridgehead atoms. The van der Waals surface area contributed by atoms with Crippen LogP contribution < -0.4 is 4.90 Å². The Morgan fingerprint density at radius 3 is 2.57 bits per heavy atom. The lowest BCUT2D eigenvalue weighted by Crippen LogP contribution is -2.49. The van der Waals surface area contributed by atoms with E-state index in [9.17, 15) is 27.9 Å². The Hall–Kier alpha value is -3.35.